The summed E-state index contributed by atoms with van der Waals surface area (Å²) in [5.74, 6) is 0.706. The third kappa shape index (κ3) is 2.47. The Kier molecular flexibility index (Phi) is 3.45. The van der Waals surface area contributed by atoms with E-state index in [2.05, 4.69) is 16.9 Å². The number of primary amides is 1. The zero-order valence-electron chi connectivity index (χ0n) is 10.7. The molecule has 1 unspecified atom stereocenters. The molecule has 2 aromatic rings. The zero-order chi connectivity index (χ0) is 13.4. The molecule has 1 aliphatic rings. The molecule has 19 heavy (non-hydrogen) atoms. The lowest BCUT2D eigenvalue weighted by molar-refractivity contribution is -0.115. The largest absolute Gasteiger partial charge is 0.369 e. The number of amides is 1. The first-order chi connectivity index (χ1) is 9.15. The van der Waals surface area contributed by atoms with Crippen molar-refractivity contribution in [1.82, 2.24) is 9.97 Å². The van der Waals surface area contributed by atoms with Crippen LogP contribution < -0.4 is 5.73 Å². The zero-order valence-corrected chi connectivity index (χ0v) is 12.3. The first-order valence-electron chi connectivity index (χ1n) is 6.31. The molecule has 2 heterocycles. The van der Waals surface area contributed by atoms with Crippen LogP contribution in [0.2, 0.25) is 0 Å². The van der Waals surface area contributed by atoms with Gasteiger partial charge in [-0.1, -0.05) is 18.7 Å². The molecule has 0 saturated heterocycles. The van der Waals surface area contributed by atoms with Crippen LogP contribution in [-0.4, -0.2) is 21.6 Å². The molecule has 100 valence electrons. The van der Waals surface area contributed by atoms with Crippen molar-refractivity contribution in [3.63, 3.8) is 0 Å². The maximum atomic E-state index is 10.9. The van der Waals surface area contributed by atoms with E-state index in [1.165, 1.54) is 28.6 Å². The van der Waals surface area contributed by atoms with Crippen LogP contribution >= 0.6 is 23.1 Å². The third-order valence-corrected chi connectivity index (χ3v) is 5.58. The number of thiophene rings is 1. The summed E-state index contributed by atoms with van der Waals surface area (Å²) in [5.41, 5.74) is 6.61. The molecular weight excluding hydrogens is 278 g/mol. The number of aryl methyl sites for hydroxylation is 1. The molecule has 2 N–H and O–H groups in total. The molecule has 6 heteroatoms. The fourth-order valence-electron chi connectivity index (χ4n) is 2.50. The molecule has 0 saturated carbocycles. The molecule has 1 amide bonds. The van der Waals surface area contributed by atoms with Crippen molar-refractivity contribution >= 4 is 39.2 Å². The Labute approximate surface area is 119 Å². The van der Waals surface area contributed by atoms with Crippen molar-refractivity contribution in [2.45, 2.75) is 31.2 Å². The van der Waals surface area contributed by atoms with E-state index in [1.54, 1.807) is 17.7 Å². The topological polar surface area (TPSA) is 68.9 Å². The minimum Gasteiger partial charge on any atom is -0.369 e. The Balaban J connectivity index is 2.06. The second-order valence-electron chi connectivity index (χ2n) is 4.97. The van der Waals surface area contributed by atoms with Crippen LogP contribution in [0.1, 0.15) is 23.8 Å². The van der Waals surface area contributed by atoms with Gasteiger partial charge in [-0.25, -0.2) is 9.97 Å². The normalized spacial score (nSPS) is 18.5. The summed E-state index contributed by atoms with van der Waals surface area (Å²) < 4.78 is 0. The number of rotatable bonds is 3. The van der Waals surface area contributed by atoms with Crippen molar-refractivity contribution in [3.05, 3.63) is 16.8 Å². The van der Waals surface area contributed by atoms with Crippen molar-refractivity contribution in [2.24, 2.45) is 11.7 Å². The molecule has 0 radical (unpaired) electrons. The van der Waals surface area contributed by atoms with E-state index < -0.39 is 0 Å². The first-order valence-corrected chi connectivity index (χ1v) is 8.11. The Morgan fingerprint density at radius 2 is 2.42 bits per heavy atom. The summed E-state index contributed by atoms with van der Waals surface area (Å²) in [4.78, 5) is 22.1. The maximum Gasteiger partial charge on any atom is 0.227 e. The van der Waals surface area contributed by atoms with Crippen molar-refractivity contribution in [1.29, 1.82) is 0 Å². The highest BCUT2D eigenvalue weighted by Crippen LogP contribution is 2.40. The van der Waals surface area contributed by atoms with E-state index in [0.29, 0.717) is 0 Å². The van der Waals surface area contributed by atoms with E-state index in [1.807, 2.05) is 0 Å². The van der Waals surface area contributed by atoms with Crippen LogP contribution in [0, 0.1) is 5.92 Å². The number of carbonyl (C=O) groups excluding carboxylic acids is 1. The number of hydrogen-bond acceptors (Lipinski definition) is 5. The predicted molar refractivity (Wildman–Crippen MR) is 78.5 cm³/mol. The molecule has 4 nitrogen and oxygen atoms in total. The number of nitrogens with zero attached hydrogens (tertiary/aromatic N) is 2. The summed E-state index contributed by atoms with van der Waals surface area (Å²) in [6.45, 7) is 2.29. The fourth-order valence-corrected chi connectivity index (χ4v) is 4.67. The van der Waals surface area contributed by atoms with E-state index in [9.17, 15) is 4.79 Å². The summed E-state index contributed by atoms with van der Waals surface area (Å²) >= 11 is 3.19. The van der Waals surface area contributed by atoms with Gasteiger partial charge in [0.15, 0.2) is 0 Å². The molecule has 0 fully saturated rings. The Hall–Kier alpha value is -1.14. The molecule has 1 aliphatic carbocycles. The maximum absolute atomic E-state index is 10.9. The fraction of sp³-hybridized carbons (Fsp3) is 0.462. The van der Waals surface area contributed by atoms with E-state index in [4.69, 9.17) is 5.73 Å². The molecule has 0 aliphatic heterocycles. The van der Waals surface area contributed by atoms with Crippen molar-refractivity contribution < 1.29 is 4.79 Å². The standard InChI is InChI=1S/C13H15N3OS2/c1-7-2-3-8-9(4-7)19-13-11(8)12(15-6-16-13)18-5-10(14)17/h6-7H,2-5H2,1H3,(H2,14,17). The van der Waals surface area contributed by atoms with Crippen LogP contribution in [-0.2, 0) is 17.6 Å². The number of nitrogens with two attached hydrogens (primary N) is 1. The molecule has 0 spiro atoms. The van der Waals surface area contributed by atoms with E-state index in [0.717, 1.165) is 34.0 Å². The Morgan fingerprint density at radius 1 is 1.58 bits per heavy atom. The second-order valence-corrected chi connectivity index (χ2v) is 7.01. The van der Waals surface area contributed by atoms with Crippen LogP contribution in [0.15, 0.2) is 11.4 Å². The average Bonchev–Trinajstić information content (AvgIpc) is 2.73. The average molecular weight is 293 g/mol. The van der Waals surface area contributed by atoms with Gasteiger partial charge in [0, 0.05) is 10.3 Å². The lowest BCUT2D eigenvalue weighted by Crippen LogP contribution is -2.13. The van der Waals surface area contributed by atoms with E-state index in [-0.39, 0.29) is 11.7 Å². The smallest absolute Gasteiger partial charge is 0.227 e. The number of thioether (sulfide) groups is 1. The van der Waals surface area contributed by atoms with Gasteiger partial charge in [0.05, 0.1) is 5.75 Å². The van der Waals surface area contributed by atoms with Crippen LogP contribution in [0.5, 0.6) is 0 Å². The van der Waals surface area contributed by atoms with Gasteiger partial charge in [-0.3, -0.25) is 4.79 Å². The number of carbonyl (C=O) groups is 1. The summed E-state index contributed by atoms with van der Waals surface area (Å²) in [6.07, 6.45) is 5.02. The lowest BCUT2D eigenvalue weighted by Gasteiger charge is -2.18. The number of aromatic nitrogens is 2. The minimum absolute atomic E-state index is 0.271. The molecule has 0 bridgehead atoms. The van der Waals surface area contributed by atoms with Crippen molar-refractivity contribution in [3.8, 4) is 0 Å². The van der Waals surface area contributed by atoms with Gasteiger partial charge in [-0.05, 0) is 30.7 Å². The lowest BCUT2D eigenvalue weighted by atomic mass is 9.89. The van der Waals surface area contributed by atoms with E-state index >= 15 is 0 Å². The first kappa shape index (κ1) is 12.9. The molecule has 0 aromatic carbocycles. The van der Waals surface area contributed by atoms with Crippen LogP contribution in [0.25, 0.3) is 10.2 Å². The second kappa shape index (κ2) is 5.09. The molecule has 3 rings (SSSR count). The summed E-state index contributed by atoms with van der Waals surface area (Å²) in [5, 5.41) is 2.05. The molecule has 2 aromatic heterocycles. The summed E-state index contributed by atoms with van der Waals surface area (Å²) in [6, 6.07) is 0. The van der Waals surface area contributed by atoms with Gasteiger partial charge < -0.3 is 5.73 Å². The Bertz CT molecular complexity index is 638. The Morgan fingerprint density at radius 3 is 3.21 bits per heavy atom. The van der Waals surface area contributed by atoms with Gasteiger partial charge in [-0.15, -0.1) is 11.3 Å². The predicted octanol–water partition coefficient (Wildman–Crippen LogP) is 2.39. The van der Waals surface area contributed by atoms with Crippen LogP contribution in [0.3, 0.4) is 0 Å². The number of hydrogen-bond donors (Lipinski definition) is 1. The quantitative estimate of drug-likeness (QED) is 0.697. The summed E-state index contributed by atoms with van der Waals surface area (Å²) in [7, 11) is 0. The highest BCUT2D eigenvalue weighted by atomic mass is 32.2. The van der Waals surface area contributed by atoms with Gasteiger partial charge in [-0.2, -0.15) is 0 Å². The highest BCUT2D eigenvalue weighted by Gasteiger charge is 2.23. The van der Waals surface area contributed by atoms with Gasteiger partial charge in [0.1, 0.15) is 16.2 Å². The molecular formula is C13H15N3OS2. The van der Waals surface area contributed by atoms with Crippen molar-refractivity contribution in [2.75, 3.05) is 5.75 Å². The van der Waals surface area contributed by atoms with Crippen LogP contribution in [0.4, 0.5) is 0 Å². The SMILES string of the molecule is CC1CCc2c(sc3ncnc(SCC(N)=O)c23)C1. The third-order valence-electron chi connectivity index (χ3n) is 3.41. The number of fused-ring (bicyclic) bond motifs is 3. The minimum atomic E-state index is -0.311. The van der Waals surface area contributed by atoms with Gasteiger partial charge >= 0.3 is 0 Å². The highest BCUT2D eigenvalue weighted by molar-refractivity contribution is 8.00. The van der Waals surface area contributed by atoms with Gasteiger partial charge in [0.2, 0.25) is 5.91 Å². The molecule has 1 atom stereocenters. The van der Waals surface area contributed by atoms with Gasteiger partial charge in [0.25, 0.3) is 0 Å². The monoisotopic (exact) mass is 293 g/mol.